The molecule has 1 atom stereocenters. The van der Waals surface area contributed by atoms with E-state index in [0.29, 0.717) is 22.3 Å². The fourth-order valence-corrected chi connectivity index (χ4v) is 4.15. The Labute approximate surface area is 202 Å². The predicted octanol–water partition coefficient (Wildman–Crippen LogP) is 3.47. The third kappa shape index (κ3) is 5.01. The monoisotopic (exact) mass is 474 g/mol. The predicted molar refractivity (Wildman–Crippen MR) is 129 cm³/mol. The number of para-hydroxylation sites is 1. The van der Waals surface area contributed by atoms with E-state index in [1.165, 1.54) is 6.92 Å². The number of rotatable bonds is 9. The maximum Gasteiger partial charge on any atom is 0.306 e. The molecule has 1 unspecified atom stereocenters. The Balaban J connectivity index is 1.28. The number of benzene rings is 3. The van der Waals surface area contributed by atoms with Crippen molar-refractivity contribution in [3.05, 3.63) is 77.4 Å². The van der Waals surface area contributed by atoms with Crippen LogP contribution in [0.2, 0.25) is 0 Å². The van der Waals surface area contributed by atoms with Crippen molar-refractivity contribution in [2.45, 2.75) is 32.4 Å². The molecule has 8 heteroatoms. The van der Waals surface area contributed by atoms with Gasteiger partial charge in [0.25, 0.3) is 17.7 Å². The molecule has 1 aliphatic rings. The van der Waals surface area contributed by atoms with E-state index in [2.05, 4.69) is 5.32 Å². The number of nitrogens with zero attached hydrogens (tertiary/aromatic N) is 1. The topological polar surface area (TPSA) is 102 Å². The summed E-state index contributed by atoms with van der Waals surface area (Å²) in [7, 11) is 1.55. The van der Waals surface area contributed by atoms with Crippen LogP contribution in [0.5, 0.6) is 5.75 Å². The van der Waals surface area contributed by atoms with Gasteiger partial charge in [0.15, 0.2) is 6.10 Å². The van der Waals surface area contributed by atoms with Crippen LogP contribution in [-0.4, -0.2) is 48.3 Å². The molecule has 4 rings (SSSR count). The van der Waals surface area contributed by atoms with E-state index in [4.69, 9.17) is 9.47 Å². The molecule has 0 radical (unpaired) electrons. The van der Waals surface area contributed by atoms with Crippen molar-refractivity contribution in [1.29, 1.82) is 0 Å². The summed E-state index contributed by atoms with van der Waals surface area (Å²) in [5.74, 6) is -1.12. The lowest BCUT2D eigenvalue weighted by atomic mass is 9.94. The molecule has 35 heavy (non-hydrogen) atoms. The molecule has 3 aromatic rings. The minimum Gasteiger partial charge on any atom is -0.496 e. The Hall–Kier alpha value is -4.20. The molecule has 0 saturated heterocycles. The quantitative estimate of drug-likeness (QED) is 0.376. The van der Waals surface area contributed by atoms with Crippen molar-refractivity contribution in [3.63, 3.8) is 0 Å². The molecule has 3 aromatic carbocycles. The minimum atomic E-state index is -0.986. The van der Waals surface area contributed by atoms with Crippen LogP contribution in [-0.2, 0) is 20.9 Å². The molecule has 1 heterocycles. The third-order valence-electron chi connectivity index (χ3n) is 5.94. The fraction of sp³-hybridized carbons (Fsp3) is 0.259. The van der Waals surface area contributed by atoms with Gasteiger partial charge in [0, 0.05) is 41.6 Å². The number of imide groups is 1. The second-order valence-corrected chi connectivity index (χ2v) is 8.24. The van der Waals surface area contributed by atoms with Crippen molar-refractivity contribution in [2.24, 2.45) is 0 Å². The number of hydrogen-bond donors (Lipinski definition) is 1. The van der Waals surface area contributed by atoms with Gasteiger partial charge in [0.2, 0.25) is 0 Å². The number of esters is 1. The molecule has 0 aromatic heterocycles. The summed E-state index contributed by atoms with van der Waals surface area (Å²) in [4.78, 5) is 51.6. The first-order valence-corrected chi connectivity index (χ1v) is 11.4. The van der Waals surface area contributed by atoms with E-state index in [9.17, 15) is 19.2 Å². The van der Waals surface area contributed by atoms with Gasteiger partial charge in [-0.2, -0.15) is 0 Å². The van der Waals surface area contributed by atoms with Gasteiger partial charge in [0.1, 0.15) is 5.75 Å². The maximum absolute atomic E-state index is 12.9. The summed E-state index contributed by atoms with van der Waals surface area (Å²) in [5.41, 5.74) is 1.75. The van der Waals surface area contributed by atoms with Gasteiger partial charge in [-0.05, 0) is 36.9 Å². The van der Waals surface area contributed by atoms with Gasteiger partial charge in [-0.1, -0.05) is 42.5 Å². The van der Waals surface area contributed by atoms with Crippen molar-refractivity contribution >= 4 is 34.5 Å². The Morgan fingerprint density at radius 2 is 1.60 bits per heavy atom. The van der Waals surface area contributed by atoms with E-state index in [1.54, 1.807) is 37.4 Å². The zero-order valence-electron chi connectivity index (χ0n) is 19.6. The van der Waals surface area contributed by atoms with Crippen LogP contribution < -0.4 is 10.1 Å². The number of ether oxygens (including phenoxy) is 2. The highest BCUT2D eigenvalue weighted by atomic mass is 16.5. The van der Waals surface area contributed by atoms with Crippen LogP contribution in [0.1, 0.15) is 46.0 Å². The van der Waals surface area contributed by atoms with E-state index in [-0.39, 0.29) is 37.7 Å². The van der Waals surface area contributed by atoms with Gasteiger partial charge in [-0.15, -0.1) is 0 Å². The van der Waals surface area contributed by atoms with E-state index >= 15 is 0 Å². The van der Waals surface area contributed by atoms with Crippen LogP contribution in [0.15, 0.2) is 60.7 Å². The Bertz CT molecular complexity index is 1250. The molecule has 8 nitrogen and oxygen atoms in total. The molecule has 0 saturated carbocycles. The highest BCUT2D eigenvalue weighted by Gasteiger charge is 2.32. The SMILES string of the molecule is COc1ccccc1CNC(=O)C(C)OC(=O)CCCN1C(=O)c2cccc3cccc(c23)C1=O. The molecule has 1 N–H and O–H groups in total. The number of amides is 3. The standard InChI is InChI=1S/C27H26N2O6/c1-17(25(31)28-16-19-8-3-4-13-22(19)34-2)35-23(30)14-7-15-29-26(32)20-11-5-9-18-10-6-12-21(24(18)20)27(29)33/h3-6,8-13,17H,7,14-16H2,1-2H3,(H,28,31). The molecule has 180 valence electrons. The maximum atomic E-state index is 12.9. The zero-order chi connectivity index (χ0) is 24.9. The van der Waals surface area contributed by atoms with Crippen LogP contribution in [0.4, 0.5) is 0 Å². The lowest BCUT2D eigenvalue weighted by Crippen LogP contribution is -2.41. The summed E-state index contributed by atoms with van der Waals surface area (Å²) in [6.45, 7) is 1.80. The molecular weight excluding hydrogens is 448 g/mol. The molecular formula is C27H26N2O6. The zero-order valence-corrected chi connectivity index (χ0v) is 19.6. The minimum absolute atomic E-state index is 0.0347. The Morgan fingerprint density at radius 1 is 0.943 bits per heavy atom. The Kier molecular flexibility index (Phi) is 7.10. The van der Waals surface area contributed by atoms with Crippen molar-refractivity contribution in [3.8, 4) is 5.75 Å². The molecule has 0 aliphatic carbocycles. The van der Waals surface area contributed by atoms with Crippen LogP contribution in [0.3, 0.4) is 0 Å². The number of carbonyl (C=O) groups excluding carboxylic acids is 4. The number of methoxy groups -OCH3 is 1. The van der Waals surface area contributed by atoms with Crippen LogP contribution in [0, 0.1) is 0 Å². The van der Waals surface area contributed by atoms with Gasteiger partial charge >= 0.3 is 5.97 Å². The van der Waals surface area contributed by atoms with Gasteiger partial charge in [-0.3, -0.25) is 24.1 Å². The van der Waals surface area contributed by atoms with Crippen molar-refractivity contribution in [2.75, 3.05) is 13.7 Å². The first-order valence-electron chi connectivity index (χ1n) is 11.4. The lowest BCUT2D eigenvalue weighted by molar-refractivity contribution is -0.155. The molecule has 0 spiro atoms. The smallest absolute Gasteiger partial charge is 0.306 e. The molecule has 1 aliphatic heterocycles. The molecule has 0 bridgehead atoms. The number of hydrogen-bond acceptors (Lipinski definition) is 6. The van der Waals surface area contributed by atoms with Crippen LogP contribution >= 0.6 is 0 Å². The lowest BCUT2D eigenvalue weighted by Gasteiger charge is -2.27. The summed E-state index contributed by atoms with van der Waals surface area (Å²) >= 11 is 0. The van der Waals surface area contributed by atoms with E-state index < -0.39 is 18.0 Å². The largest absolute Gasteiger partial charge is 0.496 e. The van der Waals surface area contributed by atoms with Gasteiger partial charge < -0.3 is 14.8 Å². The highest BCUT2D eigenvalue weighted by molar-refractivity contribution is 6.25. The first-order chi connectivity index (χ1) is 16.9. The van der Waals surface area contributed by atoms with E-state index in [0.717, 1.165) is 15.8 Å². The first kappa shape index (κ1) is 23.9. The molecule has 0 fully saturated rings. The average Bonchev–Trinajstić information content (AvgIpc) is 2.87. The van der Waals surface area contributed by atoms with Crippen molar-refractivity contribution < 1.29 is 28.7 Å². The van der Waals surface area contributed by atoms with Gasteiger partial charge in [0.05, 0.1) is 7.11 Å². The second-order valence-electron chi connectivity index (χ2n) is 8.24. The second kappa shape index (κ2) is 10.4. The van der Waals surface area contributed by atoms with Crippen LogP contribution in [0.25, 0.3) is 10.8 Å². The number of carbonyl (C=O) groups is 4. The summed E-state index contributed by atoms with van der Waals surface area (Å²) in [5, 5.41) is 4.22. The summed E-state index contributed by atoms with van der Waals surface area (Å²) < 4.78 is 10.5. The average molecular weight is 475 g/mol. The number of nitrogens with one attached hydrogen (secondary N) is 1. The Morgan fingerprint density at radius 3 is 2.26 bits per heavy atom. The normalized spacial score (nSPS) is 13.5. The van der Waals surface area contributed by atoms with Gasteiger partial charge in [-0.25, -0.2) is 0 Å². The summed E-state index contributed by atoms with van der Waals surface area (Å²) in [6.07, 6.45) is -0.795. The fourth-order valence-electron chi connectivity index (χ4n) is 4.15. The van der Waals surface area contributed by atoms with E-state index in [1.807, 2.05) is 30.3 Å². The highest BCUT2D eigenvalue weighted by Crippen LogP contribution is 2.30. The summed E-state index contributed by atoms with van der Waals surface area (Å²) in [6, 6.07) is 18.0. The molecule has 3 amide bonds. The van der Waals surface area contributed by atoms with Crippen molar-refractivity contribution in [1.82, 2.24) is 10.2 Å². The third-order valence-corrected chi connectivity index (χ3v) is 5.94.